The van der Waals surface area contributed by atoms with Gasteiger partial charge in [0.1, 0.15) is 5.78 Å². The maximum Gasteiger partial charge on any atom is 0.135 e. The second-order valence-electron chi connectivity index (χ2n) is 4.76. The first-order valence-electron chi connectivity index (χ1n) is 6.00. The van der Waals surface area contributed by atoms with Gasteiger partial charge in [-0.1, -0.05) is 37.6 Å². The normalized spacial score (nSPS) is 12.8. The fourth-order valence-electron chi connectivity index (χ4n) is 1.76. The van der Waals surface area contributed by atoms with Crippen LogP contribution < -0.4 is 5.73 Å². The molecule has 0 heterocycles. The van der Waals surface area contributed by atoms with E-state index in [1.807, 2.05) is 38.1 Å². The van der Waals surface area contributed by atoms with Gasteiger partial charge in [-0.2, -0.15) is 0 Å². The number of carbonyl (C=O) groups is 1. The fraction of sp³-hybridized carbons (Fsp3) is 0.500. The average Bonchev–Trinajstić information content (AvgIpc) is 2.27. The molecule has 0 spiro atoms. The Labute approximate surface area is 108 Å². The zero-order valence-corrected chi connectivity index (χ0v) is 11.2. The van der Waals surface area contributed by atoms with Crippen molar-refractivity contribution in [1.29, 1.82) is 0 Å². The number of nitrogens with two attached hydrogens (primary N) is 1. The Hall–Kier alpha value is -0.860. The Morgan fingerprint density at radius 1 is 1.41 bits per heavy atom. The summed E-state index contributed by atoms with van der Waals surface area (Å²) in [5.74, 6) is 0.578. The molecular weight excluding hydrogens is 234 g/mol. The Morgan fingerprint density at radius 3 is 2.65 bits per heavy atom. The van der Waals surface area contributed by atoms with E-state index in [1.54, 1.807) is 0 Å². The van der Waals surface area contributed by atoms with Crippen LogP contribution in [-0.4, -0.2) is 12.3 Å². The molecule has 1 aromatic carbocycles. The number of Topliss-reactive ketones (excluding diaryl/α,β-unsaturated/α-hetero) is 1. The molecule has 2 N–H and O–H groups in total. The predicted octanol–water partition coefficient (Wildman–Crippen LogP) is 3.07. The van der Waals surface area contributed by atoms with E-state index in [0.29, 0.717) is 13.0 Å². The summed E-state index contributed by atoms with van der Waals surface area (Å²) in [4.78, 5) is 11.7. The van der Waals surface area contributed by atoms with Crippen LogP contribution in [0.1, 0.15) is 25.8 Å². The summed E-state index contributed by atoms with van der Waals surface area (Å²) in [6.07, 6.45) is 1.37. The van der Waals surface area contributed by atoms with Crippen molar-refractivity contribution >= 4 is 17.4 Å². The van der Waals surface area contributed by atoms with Crippen LogP contribution in [0.2, 0.25) is 5.02 Å². The maximum atomic E-state index is 11.7. The number of ketones is 1. The average molecular weight is 254 g/mol. The highest BCUT2D eigenvalue weighted by Gasteiger charge is 2.15. The first kappa shape index (κ1) is 14.2. The van der Waals surface area contributed by atoms with Gasteiger partial charge in [0, 0.05) is 17.4 Å². The molecule has 0 aliphatic heterocycles. The van der Waals surface area contributed by atoms with Crippen molar-refractivity contribution in [3.8, 4) is 0 Å². The minimum atomic E-state index is 0.0865. The van der Waals surface area contributed by atoms with E-state index >= 15 is 0 Å². The fourth-order valence-corrected chi connectivity index (χ4v) is 1.97. The summed E-state index contributed by atoms with van der Waals surface area (Å²) < 4.78 is 0. The first-order valence-corrected chi connectivity index (χ1v) is 6.38. The molecule has 3 heteroatoms. The smallest absolute Gasteiger partial charge is 0.135 e. The molecule has 0 saturated heterocycles. The summed E-state index contributed by atoms with van der Waals surface area (Å²) >= 11 is 5.93. The van der Waals surface area contributed by atoms with Gasteiger partial charge in [0.25, 0.3) is 0 Å². The zero-order valence-electron chi connectivity index (χ0n) is 10.4. The maximum absolute atomic E-state index is 11.7. The lowest BCUT2D eigenvalue weighted by Gasteiger charge is -2.15. The summed E-state index contributed by atoms with van der Waals surface area (Å²) in [7, 11) is 0. The molecule has 0 amide bonds. The van der Waals surface area contributed by atoms with E-state index in [9.17, 15) is 4.79 Å². The monoisotopic (exact) mass is 253 g/mol. The van der Waals surface area contributed by atoms with E-state index in [2.05, 4.69) is 0 Å². The molecule has 17 heavy (non-hydrogen) atoms. The van der Waals surface area contributed by atoms with Crippen molar-refractivity contribution in [2.75, 3.05) is 6.54 Å². The Morgan fingerprint density at radius 2 is 2.12 bits per heavy atom. The van der Waals surface area contributed by atoms with Gasteiger partial charge in [-0.15, -0.1) is 0 Å². The highest BCUT2D eigenvalue weighted by Crippen LogP contribution is 2.17. The minimum Gasteiger partial charge on any atom is -0.330 e. The van der Waals surface area contributed by atoms with Crippen molar-refractivity contribution in [3.05, 3.63) is 34.9 Å². The predicted molar refractivity (Wildman–Crippen MR) is 72.2 cm³/mol. The van der Waals surface area contributed by atoms with Crippen molar-refractivity contribution in [2.45, 2.75) is 26.7 Å². The standard InChI is InChI=1S/C14H20ClNO/c1-10(2)14(17)8-12(9-16)6-11-4-3-5-13(15)7-11/h3-5,7,10,12H,6,8-9,16H2,1-2H3/t12-/m1/s1. The van der Waals surface area contributed by atoms with Crippen molar-refractivity contribution in [3.63, 3.8) is 0 Å². The molecule has 0 unspecified atom stereocenters. The van der Waals surface area contributed by atoms with Crippen LogP contribution in [-0.2, 0) is 11.2 Å². The van der Waals surface area contributed by atoms with Gasteiger partial charge in [-0.3, -0.25) is 4.79 Å². The molecule has 0 fully saturated rings. The van der Waals surface area contributed by atoms with Crippen molar-refractivity contribution < 1.29 is 4.79 Å². The molecule has 0 radical (unpaired) electrons. The SMILES string of the molecule is CC(C)C(=O)C[C@H](CN)Cc1cccc(Cl)c1. The number of carbonyl (C=O) groups excluding carboxylic acids is 1. The van der Waals surface area contributed by atoms with Gasteiger partial charge in [-0.05, 0) is 36.6 Å². The summed E-state index contributed by atoms with van der Waals surface area (Å²) in [6, 6.07) is 7.73. The molecule has 0 bridgehead atoms. The van der Waals surface area contributed by atoms with Gasteiger partial charge < -0.3 is 5.73 Å². The highest BCUT2D eigenvalue weighted by molar-refractivity contribution is 6.30. The quantitative estimate of drug-likeness (QED) is 0.847. The second kappa shape index (κ2) is 6.77. The molecule has 0 aliphatic carbocycles. The van der Waals surface area contributed by atoms with Gasteiger partial charge >= 0.3 is 0 Å². The third-order valence-corrected chi connectivity index (χ3v) is 3.12. The summed E-state index contributed by atoms with van der Waals surface area (Å²) in [5.41, 5.74) is 6.86. The third kappa shape index (κ3) is 4.88. The van der Waals surface area contributed by atoms with Crippen LogP contribution in [0.3, 0.4) is 0 Å². The van der Waals surface area contributed by atoms with Gasteiger partial charge in [0.2, 0.25) is 0 Å². The molecule has 1 rings (SSSR count). The molecular formula is C14H20ClNO. The lowest BCUT2D eigenvalue weighted by Crippen LogP contribution is -2.22. The molecule has 0 aromatic heterocycles. The lowest BCUT2D eigenvalue weighted by molar-refractivity contribution is -0.122. The van der Waals surface area contributed by atoms with Gasteiger partial charge in [0.15, 0.2) is 0 Å². The number of hydrogen-bond acceptors (Lipinski definition) is 2. The zero-order chi connectivity index (χ0) is 12.8. The first-order chi connectivity index (χ1) is 8.02. The van der Waals surface area contributed by atoms with Crippen LogP contribution in [0, 0.1) is 11.8 Å². The number of benzene rings is 1. The van der Waals surface area contributed by atoms with E-state index in [0.717, 1.165) is 17.0 Å². The molecule has 1 atom stereocenters. The van der Waals surface area contributed by atoms with E-state index in [4.69, 9.17) is 17.3 Å². The summed E-state index contributed by atoms with van der Waals surface area (Å²) in [5, 5.41) is 0.730. The van der Waals surface area contributed by atoms with Crippen LogP contribution in [0.15, 0.2) is 24.3 Å². The third-order valence-electron chi connectivity index (χ3n) is 2.88. The Kier molecular flexibility index (Phi) is 5.66. The van der Waals surface area contributed by atoms with E-state index in [1.165, 1.54) is 0 Å². The molecule has 0 aliphatic rings. The molecule has 2 nitrogen and oxygen atoms in total. The number of halogens is 1. The van der Waals surface area contributed by atoms with Crippen molar-refractivity contribution in [2.24, 2.45) is 17.6 Å². The van der Waals surface area contributed by atoms with Gasteiger partial charge in [0.05, 0.1) is 0 Å². The minimum absolute atomic E-state index is 0.0865. The highest BCUT2D eigenvalue weighted by atomic mass is 35.5. The van der Waals surface area contributed by atoms with Crippen LogP contribution in [0.4, 0.5) is 0 Å². The largest absolute Gasteiger partial charge is 0.330 e. The number of hydrogen-bond donors (Lipinski definition) is 1. The van der Waals surface area contributed by atoms with E-state index in [-0.39, 0.29) is 17.6 Å². The van der Waals surface area contributed by atoms with E-state index < -0.39 is 0 Å². The molecule has 94 valence electrons. The van der Waals surface area contributed by atoms with Crippen molar-refractivity contribution in [1.82, 2.24) is 0 Å². The molecule has 0 saturated carbocycles. The Balaban J connectivity index is 2.61. The lowest BCUT2D eigenvalue weighted by atomic mass is 9.91. The number of rotatable bonds is 6. The topological polar surface area (TPSA) is 43.1 Å². The molecule has 1 aromatic rings. The summed E-state index contributed by atoms with van der Waals surface area (Å²) in [6.45, 7) is 4.38. The van der Waals surface area contributed by atoms with Gasteiger partial charge in [-0.25, -0.2) is 0 Å². The second-order valence-corrected chi connectivity index (χ2v) is 5.20. The van der Waals surface area contributed by atoms with Crippen LogP contribution >= 0.6 is 11.6 Å². The Bertz CT molecular complexity index is 376. The van der Waals surface area contributed by atoms with Crippen LogP contribution in [0.5, 0.6) is 0 Å². The van der Waals surface area contributed by atoms with Crippen LogP contribution in [0.25, 0.3) is 0 Å².